The summed E-state index contributed by atoms with van der Waals surface area (Å²) in [5, 5.41) is 15.1. The van der Waals surface area contributed by atoms with Gasteiger partial charge in [-0.25, -0.2) is 17.9 Å². The molecule has 5 rings (SSSR count). The number of carbonyl (C=O) groups excluding carboxylic acids is 1. The Bertz CT molecular complexity index is 1450. The Hall–Kier alpha value is -3.18. The summed E-state index contributed by atoms with van der Waals surface area (Å²) in [5.74, 6) is 0.389. The molecule has 0 spiro atoms. The number of hydrogen-bond donors (Lipinski definition) is 1. The number of benzene rings is 1. The summed E-state index contributed by atoms with van der Waals surface area (Å²) in [5.41, 5.74) is -0.255. The molecule has 15 heteroatoms. The van der Waals surface area contributed by atoms with Crippen LogP contribution < -0.4 is 15.0 Å². The molecule has 0 bridgehead atoms. The molecular weight excluding hydrogens is 575 g/mol. The van der Waals surface area contributed by atoms with Crippen molar-refractivity contribution in [1.29, 1.82) is 5.26 Å². The molecule has 1 saturated heterocycles. The molecule has 2 saturated carbocycles. The van der Waals surface area contributed by atoms with Gasteiger partial charge in [-0.05, 0) is 51.2 Å². The maximum atomic E-state index is 13.7. The summed E-state index contributed by atoms with van der Waals surface area (Å²) >= 11 is 6.21. The first-order valence-corrected chi connectivity index (χ1v) is 14.7. The summed E-state index contributed by atoms with van der Waals surface area (Å²) in [7, 11) is -4.13. The zero-order chi connectivity index (χ0) is 28.9. The zero-order valence-corrected chi connectivity index (χ0v) is 23.0. The van der Waals surface area contributed by atoms with Gasteiger partial charge in [0, 0.05) is 25.1 Å². The molecule has 0 radical (unpaired) electrons. The lowest BCUT2D eigenvalue weighted by atomic mass is 9.93. The van der Waals surface area contributed by atoms with E-state index in [4.69, 9.17) is 16.3 Å². The number of amides is 1. The highest BCUT2D eigenvalue weighted by Crippen LogP contribution is 2.40. The van der Waals surface area contributed by atoms with Crippen LogP contribution in [-0.4, -0.2) is 60.6 Å². The molecule has 1 N–H and O–H groups in total. The van der Waals surface area contributed by atoms with Gasteiger partial charge in [0.2, 0.25) is 0 Å². The molecule has 10 nitrogen and oxygen atoms in total. The first kappa shape index (κ1) is 28.4. The minimum atomic E-state index is -4.57. The summed E-state index contributed by atoms with van der Waals surface area (Å²) < 4.78 is 77.2. The van der Waals surface area contributed by atoms with Gasteiger partial charge in [-0.3, -0.25) is 0 Å². The highest BCUT2D eigenvalue weighted by Gasteiger charge is 2.48. The molecule has 216 valence electrons. The maximum Gasteiger partial charge on any atom is 0.422 e. The maximum absolute atomic E-state index is 13.7. The summed E-state index contributed by atoms with van der Waals surface area (Å²) in [6.45, 7) is 0.219. The van der Waals surface area contributed by atoms with E-state index < -0.39 is 45.7 Å². The van der Waals surface area contributed by atoms with E-state index in [9.17, 15) is 31.6 Å². The number of nitrogens with one attached hydrogen (secondary N) is 1. The van der Waals surface area contributed by atoms with Gasteiger partial charge in [-0.2, -0.15) is 23.5 Å². The highest BCUT2D eigenvalue weighted by molar-refractivity contribution is 7.92. The minimum absolute atomic E-state index is 0.0514. The third-order valence-corrected chi connectivity index (χ3v) is 9.98. The third kappa shape index (κ3) is 5.81. The largest absolute Gasteiger partial charge is 0.484 e. The lowest BCUT2D eigenvalue weighted by Gasteiger charge is -2.32. The van der Waals surface area contributed by atoms with Gasteiger partial charge in [0.05, 0.1) is 33.0 Å². The zero-order valence-electron chi connectivity index (χ0n) is 21.4. The molecule has 1 aromatic carbocycles. The van der Waals surface area contributed by atoms with E-state index in [1.165, 1.54) is 0 Å². The van der Waals surface area contributed by atoms with E-state index in [1.807, 2.05) is 11.6 Å². The van der Waals surface area contributed by atoms with Gasteiger partial charge < -0.3 is 19.7 Å². The van der Waals surface area contributed by atoms with Gasteiger partial charge in [-0.1, -0.05) is 11.6 Å². The van der Waals surface area contributed by atoms with Gasteiger partial charge in [0.25, 0.3) is 0 Å². The van der Waals surface area contributed by atoms with Crippen molar-refractivity contribution in [2.75, 3.05) is 18.1 Å². The smallest absolute Gasteiger partial charge is 0.422 e. The number of aryl methyl sites for hydroxylation is 1. The van der Waals surface area contributed by atoms with E-state index in [0.29, 0.717) is 18.7 Å². The molecule has 1 aliphatic heterocycles. The number of hydrogen-bond acceptors (Lipinski definition) is 8. The van der Waals surface area contributed by atoms with Crippen LogP contribution in [0.1, 0.15) is 50.3 Å². The Kier molecular flexibility index (Phi) is 7.33. The summed E-state index contributed by atoms with van der Waals surface area (Å²) in [6, 6.07) is 7.25. The van der Waals surface area contributed by atoms with E-state index in [2.05, 4.69) is 21.2 Å². The van der Waals surface area contributed by atoms with E-state index in [1.54, 1.807) is 11.0 Å². The Morgan fingerprint density at radius 2 is 2.02 bits per heavy atom. The Morgan fingerprint density at radius 3 is 2.60 bits per heavy atom. The Labute approximate surface area is 233 Å². The quantitative estimate of drug-likeness (QED) is 0.462. The van der Waals surface area contributed by atoms with Crippen LogP contribution in [0.25, 0.3) is 0 Å². The Balaban J connectivity index is 1.41. The van der Waals surface area contributed by atoms with Crippen molar-refractivity contribution in [3.63, 3.8) is 0 Å². The van der Waals surface area contributed by atoms with Crippen molar-refractivity contribution >= 4 is 33.3 Å². The standard InChI is InChI=1S/C25H27ClF3N5O5S/c1-15-9-21(34(32-15)16-3-2-4-16)33-12-18(11-22(33)39-23(35)31-24(13-30)7-8-24)40(36,37)20-6-5-17(10-19(20)26)38-14-25(27,28)29/h5-6,9-10,16,18,22H,2-4,7-8,11-12,14H2,1H3,(H,31,35)/t18-,22+/m1/s1. The van der Waals surface area contributed by atoms with Crippen LogP contribution >= 0.6 is 11.6 Å². The molecule has 2 atom stereocenters. The molecule has 0 unspecified atom stereocenters. The number of alkyl halides is 3. The van der Waals surface area contributed by atoms with Crippen molar-refractivity contribution in [3.8, 4) is 11.8 Å². The average molecular weight is 602 g/mol. The van der Waals surface area contributed by atoms with Gasteiger partial charge in [0.15, 0.2) is 22.7 Å². The van der Waals surface area contributed by atoms with Crippen LogP contribution in [0.5, 0.6) is 5.75 Å². The monoisotopic (exact) mass is 601 g/mol. The van der Waals surface area contributed by atoms with Gasteiger partial charge >= 0.3 is 12.3 Å². The molecular formula is C25H27ClF3N5O5S. The molecule has 3 aliphatic rings. The number of ether oxygens (including phenoxy) is 2. The fraction of sp³-hybridized carbons (Fsp3) is 0.560. The number of anilines is 1. The average Bonchev–Trinajstić information content (AvgIpc) is 3.31. The molecule has 40 heavy (non-hydrogen) atoms. The molecule has 2 heterocycles. The van der Waals surface area contributed by atoms with Crippen LogP contribution in [0.15, 0.2) is 29.2 Å². The fourth-order valence-corrected chi connectivity index (χ4v) is 7.06. The molecule has 3 fully saturated rings. The number of rotatable bonds is 8. The van der Waals surface area contributed by atoms with Crippen molar-refractivity contribution in [3.05, 3.63) is 35.0 Å². The number of sulfone groups is 1. The third-order valence-electron chi connectivity index (χ3n) is 7.37. The van der Waals surface area contributed by atoms with Gasteiger partial charge in [0.1, 0.15) is 17.1 Å². The van der Waals surface area contributed by atoms with E-state index >= 15 is 0 Å². The lowest BCUT2D eigenvalue weighted by molar-refractivity contribution is -0.153. The highest BCUT2D eigenvalue weighted by atomic mass is 35.5. The second-order valence-electron chi connectivity index (χ2n) is 10.4. The molecule has 1 aromatic heterocycles. The number of halogens is 4. The normalized spacial score (nSPS) is 22.4. The number of aromatic nitrogens is 2. The van der Waals surface area contributed by atoms with Crippen LogP contribution in [0.3, 0.4) is 0 Å². The van der Waals surface area contributed by atoms with Crippen LogP contribution in [0.2, 0.25) is 5.02 Å². The molecule has 2 aliphatic carbocycles. The second kappa shape index (κ2) is 10.3. The van der Waals surface area contributed by atoms with E-state index in [0.717, 1.165) is 43.2 Å². The van der Waals surface area contributed by atoms with E-state index in [-0.39, 0.29) is 34.7 Å². The fourth-order valence-electron chi connectivity index (χ4n) is 4.84. The number of alkyl carbamates (subject to hydrolysis) is 1. The summed E-state index contributed by atoms with van der Waals surface area (Å²) in [4.78, 5) is 14.1. The number of nitrogens with zero attached hydrogens (tertiary/aromatic N) is 4. The molecule has 2 aromatic rings. The van der Waals surface area contributed by atoms with Crippen molar-refractivity contribution < 1.29 is 35.9 Å². The van der Waals surface area contributed by atoms with Gasteiger partial charge in [-0.15, -0.1) is 0 Å². The van der Waals surface area contributed by atoms with Crippen LogP contribution in [0.4, 0.5) is 23.8 Å². The number of carbonyl (C=O) groups is 1. The minimum Gasteiger partial charge on any atom is -0.484 e. The first-order valence-electron chi connectivity index (χ1n) is 12.8. The molecule has 1 amide bonds. The summed E-state index contributed by atoms with van der Waals surface area (Å²) in [6.07, 6.45) is -2.62. The van der Waals surface area contributed by atoms with Crippen LogP contribution in [0, 0.1) is 18.3 Å². The first-order chi connectivity index (χ1) is 18.8. The Morgan fingerprint density at radius 1 is 1.30 bits per heavy atom. The predicted molar refractivity (Wildman–Crippen MR) is 137 cm³/mol. The van der Waals surface area contributed by atoms with Crippen molar-refractivity contribution in [2.45, 2.75) is 79.6 Å². The van der Waals surface area contributed by atoms with Crippen molar-refractivity contribution in [2.24, 2.45) is 0 Å². The predicted octanol–water partition coefficient (Wildman–Crippen LogP) is 4.67. The second-order valence-corrected chi connectivity index (χ2v) is 13.0. The number of nitriles is 1. The van der Waals surface area contributed by atoms with Crippen LogP contribution in [-0.2, 0) is 14.6 Å². The topological polar surface area (TPSA) is 127 Å². The SMILES string of the molecule is Cc1cc(N2C[C@H](S(=O)(=O)c3ccc(OCC(F)(F)F)cc3Cl)C[C@@H]2OC(=O)NC2(C#N)CC2)n(C2CCC2)n1. The van der Waals surface area contributed by atoms with Crippen molar-refractivity contribution in [1.82, 2.24) is 15.1 Å². The lowest BCUT2D eigenvalue weighted by Crippen LogP contribution is -2.42.